The lowest BCUT2D eigenvalue weighted by Gasteiger charge is -2.25. The number of aromatic amines is 1. The zero-order chi connectivity index (χ0) is 23.1. The van der Waals surface area contributed by atoms with Crippen LogP contribution in [-0.2, 0) is 17.6 Å². The summed E-state index contributed by atoms with van der Waals surface area (Å²) in [4.78, 5) is 24.1. The number of hydrogen-bond donors (Lipinski definition) is 2. The summed E-state index contributed by atoms with van der Waals surface area (Å²) in [6, 6.07) is 16.1. The number of aromatic nitrogens is 3. The molecule has 4 heterocycles. The highest BCUT2D eigenvalue weighted by molar-refractivity contribution is 5.93. The van der Waals surface area contributed by atoms with Gasteiger partial charge in [-0.25, -0.2) is 9.97 Å². The van der Waals surface area contributed by atoms with Gasteiger partial charge in [-0.05, 0) is 61.2 Å². The first-order valence-electron chi connectivity index (χ1n) is 11.5. The van der Waals surface area contributed by atoms with Crippen molar-refractivity contribution in [3.05, 3.63) is 83.4 Å². The SMILES string of the molecule is Cc1cccc(-c2cnc([C@@H]3COc4ccc(Oc5ccnc6c5CCC(=O)N6)cc4C3)[nH]2)c1. The fraction of sp³-hybridized carbons (Fsp3) is 0.222. The first kappa shape index (κ1) is 20.5. The summed E-state index contributed by atoms with van der Waals surface area (Å²) in [6.45, 7) is 2.66. The van der Waals surface area contributed by atoms with E-state index in [1.807, 2.05) is 30.5 Å². The van der Waals surface area contributed by atoms with Gasteiger partial charge < -0.3 is 19.8 Å². The Hall–Kier alpha value is -4.13. The molecular weight excluding hydrogens is 428 g/mol. The highest BCUT2D eigenvalue weighted by Gasteiger charge is 2.25. The number of nitrogens with zero attached hydrogens (tertiary/aromatic N) is 2. The summed E-state index contributed by atoms with van der Waals surface area (Å²) in [7, 11) is 0. The van der Waals surface area contributed by atoms with Crippen molar-refractivity contribution in [2.45, 2.75) is 32.1 Å². The Morgan fingerprint density at radius 2 is 2.03 bits per heavy atom. The van der Waals surface area contributed by atoms with Crippen molar-refractivity contribution in [2.75, 3.05) is 11.9 Å². The van der Waals surface area contributed by atoms with Gasteiger partial charge >= 0.3 is 0 Å². The Labute approximate surface area is 197 Å². The number of anilines is 1. The molecule has 7 heteroatoms. The molecule has 0 saturated heterocycles. The van der Waals surface area contributed by atoms with Crippen molar-refractivity contribution in [1.82, 2.24) is 15.0 Å². The fourth-order valence-corrected chi connectivity index (χ4v) is 4.59. The quantitative estimate of drug-likeness (QED) is 0.446. The first-order valence-corrected chi connectivity index (χ1v) is 11.5. The molecule has 6 rings (SSSR count). The van der Waals surface area contributed by atoms with E-state index in [0.29, 0.717) is 31.0 Å². The van der Waals surface area contributed by atoms with Gasteiger partial charge in [-0.1, -0.05) is 23.8 Å². The van der Waals surface area contributed by atoms with E-state index in [9.17, 15) is 4.79 Å². The number of amides is 1. The number of rotatable bonds is 4. The van der Waals surface area contributed by atoms with Crippen molar-refractivity contribution in [3.63, 3.8) is 0 Å². The van der Waals surface area contributed by atoms with E-state index in [-0.39, 0.29) is 11.8 Å². The number of carbonyl (C=O) groups is 1. The Kier molecular flexibility index (Phi) is 5.02. The predicted molar refractivity (Wildman–Crippen MR) is 128 cm³/mol. The van der Waals surface area contributed by atoms with Crippen molar-refractivity contribution in [2.24, 2.45) is 0 Å². The van der Waals surface area contributed by atoms with Crippen molar-refractivity contribution in [1.29, 1.82) is 0 Å². The van der Waals surface area contributed by atoms with Crippen LogP contribution in [-0.4, -0.2) is 27.5 Å². The summed E-state index contributed by atoms with van der Waals surface area (Å²) in [6.07, 6.45) is 5.40. The van der Waals surface area contributed by atoms with E-state index in [1.165, 1.54) is 5.56 Å². The number of nitrogens with one attached hydrogen (secondary N) is 2. The van der Waals surface area contributed by atoms with Crippen LogP contribution in [0, 0.1) is 6.92 Å². The average molecular weight is 453 g/mol. The number of aryl methyl sites for hydroxylation is 1. The molecule has 0 radical (unpaired) electrons. The van der Waals surface area contributed by atoms with E-state index >= 15 is 0 Å². The van der Waals surface area contributed by atoms with Crippen LogP contribution in [0.4, 0.5) is 5.82 Å². The molecule has 4 aromatic rings. The zero-order valence-electron chi connectivity index (χ0n) is 18.8. The second-order valence-corrected chi connectivity index (χ2v) is 8.82. The number of hydrogen-bond acceptors (Lipinski definition) is 5. The molecule has 1 amide bonds. The van der Waals surface area contributed by atoms with Gasteiger partial charge in [0.1, 0.15) is 28.9 Å². The molecule has 1 atom stereocenters. The highest BCUT2D eigenvalue weighted by atomic mass is 16.5. The minimum Gasteiger partial charge on any atom is -0.493 e. The first-order chi connectivity index (χ1) is 16.6. The van der Waals surface area contributed by atoms with Crippen LogP contribution in [0.3, 0.4) is 0 Å². The maximum Gasteiger partial charge on any atom is 0.225 e. The number of benzene rings is 2. The van der Waals surface area contributed by atoms with Crippen LogP contribution >= 0.6 is 0 Å². The van der Waals surface area contributed by atoms with Crippen LogP contribution in [0.15, 0.2) is 60.9 Å². The number of pyridine rings is 1. The third-order valence-electron chi connectivity index (χ3n) is 6.35. The molecule has 2 aromatic carbocycles. The Bertz CT molecular complexity index is 1390. The molecule has 0 spiro atoms. The third kappa shape index (κ3) is 3.90. The standard InChI is InChI=1S/C27H24N4O3/c1-16-3-2-4-17(11-16)22-14-29-26(30-22)19-12-18-13-20(5-7-23(18)33-15-19)34-24-9-10-28-27-21(24)6-8-25(32)31-27/h2-5,7,9-11,13-14,19H,6,8,12,15H2,1H3,(H,29,30)(H,28,31,32)/t19-/m0/s1. The van der Waals surface area contributed by atoms with E-state index in [4.69, 9.17) is 9.47 Å². The molecule has 2 aliphatic heterocycles. The second-order valence-electron chi connectivity index (χ2n) is 8.82. The van der Waals surface area contributed by atoms with Gasteiger partial charge in [0.05, 0.1) is 24.4 Å². The Morgan fingerprint density at radius 1 is 1.09 bits per heavy atom. The van der Waals surface area contributed by atoms with Gasteiger partial charge in [0.25, 0.3) is 0 Å². The molecule has 2 N–H and O–H groups in total. The van der Waals surface area contributed by atoms with Crippen molar-refractivity contribution in [3.8, 4) is 28.5 Å². The monoisotopic (exact) mass is 452 g/mol. The summed E-state index contributed by atoms with van der Waals surface area (Å²) < 4.78 is 12.3. The van der Waals surface area contributed by atoms with Crippen LogP contribution < -0.4 is 14.8 Å². The second kappa shape index (κ2) is 8.33. The molecule has 170 valence electrons. The van der Waals surface area contributed by atoms with Gasteiger partial charge in [0.2, 0.25) is 5.91 Å². The summed E-state index contributed by atoms with van der Waals surface area (Å²) >= 11 is 0. The summed E-state index contributed by atoms with van der Waals surface area (Å²) in [5, 5.41) is 2.82. The molecule has 0 fully saturated rings. The van der Waals surface area contributed by atoms with Crippen molar-refractivity contribution < 1.29 is 14.3 Å². The molecule has 2 aliphatic rings. The van der Waals surface area contributed by atoms with Crippen LogP contribution in [0.5, 0.6) is 17.2 Å². The molecule has 0 bridgehead atoms. The molecule has 34 heavy (non-hydrogen) atoms. The topological polar surface area (TPSA) is 89.1 Å². The zero-order valence-corrected chi connectivity index (χ0v) is 18.8. The number of carbonyl (C=O) groups excluding carboxylic acids is 1. The Morgan fingerprint density at radius 3 is 2.94 bits per heavy atom. The lowest BCUT2D eigenvalue weighted by molar-refractivity contribution is -0.116. The van der Waals surface area contributed by atoms with E-state index in [1.54, 1.807) is 6.20 Å². The van der Waals surface area contributed by atoms with Crippen LogP contribution in [0.1, 0.15) is 34.9 Å². The normalized spacial score (nSPS) is 16.7. The molecule has 0 unspecified atom stereocenters. The summed E-state index contributed by atoms with van der Waals surface area (Å²) in [5.74, 6) is 3.94. The van der Waals surface area contributed by atoms with Gasteiger partial charge in [-0.3, -0.25) is 4.79 Å². The van der Waals surface area contributed by atoms with Crippen LogP contribution in [0.25, 0.3) is 11.3 Å². The maximum absolute atomic E-state index is 11.7. The number of H-pyrrole nitrogens is 1. The number of imidazole rings is 1. The fourth-order valence-electron chi connectivity index (χ4n) is 4.59. The van der Waals surface area contributed by atoms with Crippen LogP contribution in [0.2, 0.25) is 0 Å². The largest absolute Gasteiger partial charge is 0.493 e. The number of fused-ring (bicyclic) bond motifs is 2. The number of ether oxygens (including phenoxy) is 2. The third-order valence-corrected chi connectivity index (χ3v) is 6.35. The smallest absolute Gasteiger partial charge is 0.225 e. The highest BCUT2D eigenvalue weighted by Crippen LogP contribution is 2.37. The van der Waals surface area contributed by atoms with Gasteiger partial charge in [-0.2, -0.15) is 0 Å². The molecule has 0 saturated carbocycles. The van der Waals surface area contributed by atoms with Gasteiger partial charge in [0.15, 0.2) is 0 Å². The van der Waals surface area contributed by atoms with E-state index in [2.05, 4.69) is 51.5 Å². The van der Waals surface area contributed by atoms with Gasteiger partial charge in [-0.15, -0.1) is 0 Å². The van der Waals surface area contributed by atoms with Gasteiger partial charge in [0, 0.05) is 18.2 Å². The lowest BCUT2D eigenvalue weighted by Crippen LogP contribution is -2.20. The molecular formula is C27H24N4O3. The summed E-state index contributed by atoms with van der Waals surface area (Å²) in [5.41, 5.74) is 5.36. The average Bonchev–Trinajstić information content (AvgIpc) is 3.34. The van der Waals surface area contributed by atoms with E-state index < -0.39 is 0 Å². The lowest BCUT2D eigenvalue weighted by atomic mass is 9.96. The predicted octanol–water partition coefficient (Wildman–Crippen LogP) is 5.18. The van der Waals surface area contributed by atoms with Crippen molar-refractivity contribution >= 4 is 11.7 Å². The minimum absolute atomic E-state index is 0.0161. The molecule has 7 nitrogen and oxygen atoms in total. The Balaban J connectivity index is 1.22. The minimum atomic E-state index is -0.0161. The molecule has 0 aliphatic carbocycles. The molecule has 2 aromatic heterocycles. The maximum atomic E-state index is 11.7. The van der Waals surface area contributed by atoms with E-state index in [0.717, 1.165) is 46.1 Å².